The van der Waals surface area contributed by atoms with Crippen LogP contribution in [0.25, 0.3) is 0 Å². The van der Waals surface area contributed by atoms with E-state index in [9.17, 15) is 4.39 Å². The maximum Gasteiger partial charge on any atom is 0.126 e. The van der Waals surface area contributed by atoms with Gasteiger partial charge in [0, 0.05) is 12.8 Å². The molecule has 120 valence electrons. The lowest BCUT2D eigenvalue weighted by molar-refractivity contribution is -0.001000. The van der Waals surface area contributed by atoms with E-state index in [2.05, 4.69) is 6.07 Å². The van der Waals surface area contributed by atoms with Crippen LogP contribution in [-0.2, 0) is 36.4 Å². The molecule has 2 heterocycles. The fourth-order valence-electron chi connectivity index (χ4n) is 3.13. The van der Waals surface area contributed by atoms with Gasteiger partial charge in [0.15, 0.2) is 0 Å². The topological polar surface area (TPSA) is 0 Å². The molecule has 0 nitrogen and oxygen atoms in total. The Bertz CT molecular complexity index is 430. The summed E-state index contributed by atoms with van der Waals surface area (Å²) >= 11 is 3.11. The van der Waals surface area contributed by atoms with Gasteiger partial charge in [-0.15, -0.1) is 0 Å². The SMILES string of the molecule is Fc1cc(CC2CCC[SH+]2)ccc1CC1CCC[SH+]1.[Br-].[Br-]. The molecule has 1 aromatic carbocycles. The van der Waals surface area contributed by atoms with Gasteiger partial charge in [0.2, 0.25) is 0 Å². The van der Waals surface area contributed by atoms with Crippen molar-refractivity contribution < 1.29 is 38.4 Å². The van der Waals surface area contributed by atoms with E-state index in [0.717, 1.165) is 23.7 Å². The van der Waals surface area contributed by atoms with Gasteiger partial charge < -0.3 is 34.0 Å². The lowest BCUT2D eigenvalue weighted by Gasteiger charge is -2.08. The number of halogens is 3. The fourth-order valence-corrected chi connectivity index (χ4v) is 5.98. The second-order valence-electron chi connectivity index (χ2n) is 5.74. The second-order valence-corrected chi connectivity index (χ2v) is 8.82. The highest BCUT2D eigenvalue weighted by Gasteiger charge is 2.26. The third-order valence-corrected chi connectivity index (χ3v) is 7.27. The van der Waals surface area contributed by atoms with Crippen molar-refractivity contribution in [3.63, 3.8) is 0 Å². The summed E-state index contributed by atoms with van der Waals surface area (Å²) in [4.78, 5) is 0. The predicted molar refractivity (Wildman–Crippen MR) is 87.1 cm³/mol. The molecule has 0 N–H and O–H groups in total. The quantitative estimate of drug-likeness (QED) is 0.331. The molecular weight excluding hydrogens is 435 g/mol. The molecule has 5 heteroatoms. The van der Waals surface area contributed by atoms with Crippen molar-refractivity contribution in [3.8, 4) is 0 Å². The van der Waals surface area contributed by atoms with Crippen molar-refractivity contribution in [2.45, 2.75) is 49.0 Å². The molecule has 2 unspecified atom stereocenters. The highest BCUT2D eigenvalue weighted by atomic mass is 79.9. The molecule has 2 atom stereocenters. The Hall–Kier alpha value is 0.810. The van der Waals surface area contributed by atoms with E-state index in [0.29, 0.717) is 5.25 Å². The first-order valence-corrected chi connectivity index (χ1v) is 9.71. The lowest BCUT2D eigenvalue weighted by atomic mass is 10.0. The molecule has 0 spiro atoms. The molecule has 21 heavy (non-hydrogen) atoms. The van der Waals surface area contributed by atoms with Crippen LogP contribution in [0, 0.1) is 5.82 Å². The van der Waals surface area contributed by atoms with Gasteiger partial charge in [-0.2, -0.15) is 0 Å². The zero-order valence-electron chi connectivity index (χ0n) is 12.1. The minimum absolute atomic E-state index is 0. The summed E-state index contributed by atoms with van der Waals surface area (Å²) < 4.78 is 14.2. The first-order valence-electron chi connectivity index (χ1n) is 7.42. The number of hydrogen-bond acceptors (Lipinski definition) is 0. The summed E-state index contributed by atoms with van der Waals surface area (Å²) in [6.45, 7) is 0. The Balaban J connectivity index is 0.00000110. The largest absolute Gasteiger partial charge is 1.00 e. The van der Waals surface area contributed by atoms with Crippen molar-refractivity contribution in [2.24, 2.45) is 0 Å². The first kappa shape index (κ1) is 19.9. The molecule has 2 aliphatic heterocycles. The van der Waals surface area contributed by atoms with Crippen LogP contribution >= 0.6 is 0 Å². The van der Waals surface area contributed by atoms with Crippen LogP contribution in [0.2, 0.25) is 0 Å². The molecule has 0 bridgehead atoms. The summed E-state index contributed by atoms with van der Waals surface area (Å²) in [7, 11) is 0. The van der Waals surface area contributed by atoms with Crippen LogP contribution in [0.5, 0.6) is 0 Å². The van der Waals surface area contributed by atoms with Gasteiger partial charge in [-0.1, -0.05) is 12.1 Å². The van der Waals surface area contributed by atoms with Crippen LogP contribution in [0.4, 0.5) is 4.39 Å². The van der Waals surface area contributed by atoms with E-state index in [4.69, 9.17) is 0 Å². The van der Waals surface area contributed by atoms with Gasteiger partial charge >= 0.3 is 0 Å². The van der Waals surface area contributed by atoms with E-state index in [1.807, 2.05) is 6.07 Å². The van der Waals surface area contributed by atoms with E-state index in [-0.39, 0.29) is 39.8 Å². The third kappa shape index (κ3) is 5.74. The van der Waals surface area contributed by atoms with Crippen molar-refractivity contribution in [3.05, 3.63) is 35.1 Å². The summed E-state index contributed by atoms with van der Waals surface area (Å²) in [6, 6.07) is 6.01. The van der Waals surface area contributed by atoms with Gasteiger partial charge in [0.05, 0.1) is 0 Å². The van der Waals surface area contributed by atoms with Crippen molar-refractivity contribution in [1.29, 1.82) is 0 Å². The molecule has 0 aliphatic carbocycles. The number of benzene rings is 1. The van der Waals surface area contributed by atoms with Crippen LogP contribution in [0.1, 0.15) is 36.8 Å². The zero-order chi connectivity index (χ0) is 13.1. The highest BCUT2D eigenvalue weighted by Crippen LogP contribution is 2.22. The van der Waals surface area contributed by atoms with Crippen molar-refractivity contribution in [2.75, 3.05) is 11.5 Å². The molecule has 3 rings (SSSR count). The summed E-state index contributed by atoms with van der Waals surface area (Å²) in [5.74, 6) is 2.69. The van der Waals surface area contributed by atoms with Crippen molar-refractivity contribution >= 4 is 23.5 Å². The second kappa shape index (κ2) is 9.84. The minimum atomic E-state index is 0. The average molecular weight is 458 g/mol. The molecule has 0 saturated carbocycles. The first-order chi connectivity index (χ1) is 9.31. The normalized spacial score (nSPS) is 24.4. The van der Waals surface area contributed by atoms with Gasteiger partial charge in [-0.3, -0.25) is 0 Å². The molecule has 0 aromatic heterocycles. The monoisotopic (exact) mass is 456 g/mol. The van der Waals surface area contributed by atoms with Crippen molar-refractivity contribution in [1.82, 2.24) is 0 Å². The van der Waals surface area contributed by atoms with E-state index < -0.39 is 0 Å². The Labute approximate surface area is 157 Å². The lowest BCUT2D eigenvalue weighted by Crippen LogP contribution is -3.00. The average Bonchev–Trinajstić information content (AvgIpc) is 3.05. The van der Waals surface area contributed by atoms with Crippen LogP contribution < -0.4 is 34.0 Å². The number of hydrogen-bond donors (Lipinski definition) is 0. The number of thiol groups is 2. The van der Waals surface area contributed by atoms with E-state index >= 15 is 0 Å². The Morgan fingerprint density at radius 2 is 1.57 bits per heavy atom. The molecule has 2 saturated heterocycles. The molecule has 0 radical (unpaired) electrons. The number of rotatable bonds is 4. The van der Waals surface area contributed by atoms with Gasteiger partial charge in [-0.05, 0) is 66.4 Å². The summed E-state index contributed by atoms with van der Waals surface area (Å²) in [5.41, 5.74) is 2.14. The maximum absolute atomic E-state index is 14.2. The van der Waals surface area contributed by atoms with Crippen LogP contribution in [0.3, 0.4) is 0 Å². The zero-order valence-corrected chi connectivity index (χ0v) is 17.0. The van der Waals surface area contributed by atoms with Gasteiger partial charge in [-0.25, -0.2) is 4.39 Å². The highest BCUT2D eigenvalue weighted by molar-refractivity contribution is 7.79. The molecule has 1 aromatic rings. The third-order valence-electron chi connectivity index (χ3n) is 4.21. The molecule has 0 amide bonds. The minimum Gasteiger partial charge on any atom is -1.00 e. The van der Waals surface area contributed by atoms with Crippen LogP contribution in [0.15, 0.2) is 18.2 Å². The van der Waals surface area contributed by atoms with E-state index in [1.165, 1.54) is 54.5 Å². The van der Waals surface area contributed by atoms with E-state index in [1.54, 1.807) is 17.8 Å². The predicted octanol–water partition coefficient (Wildman–Crippen LogP) is -3.13. The smallest absolute Gasteiger partial charge is 0.126 e. The summed E-state index contributed by atoms with van der Waals surface area (Å²) in [5, 5.41) is 1.48. The molecule has 2 aliphatic rings. The van der Waals surface area contributed by atoms with Gasteiger partial charge in [0.1, 0.15) is 27.8 Å². The molecule has 2 fully saturated rings. The Morgan fingerprint density at radius 3 is 2.10 bits per heavy atom. The Morgan fingerprint density at radius 1 is 0.952 bits per heavy atom. The fraction of sp³-hybridized carbons (Fsp3) is 0.625. The molecular formula is C16H23Br2FS2. The maximum atomic E-state index is 14.2. The van der Waals surface area contributed by atoms with Gasteiger partial charge in [0.25, 0.3) is 0 Å². The Kier molecular flexibility index (Phi) is 9.30. The summed E-state index contributed by atoms with van der Waals surface area (Å²) in [6.07, 6.45) is 7.30. The standard InChI is InChI=1S/C16H21FS2.2BrH/c17-16-10-12(9-14-3-1-7-18-14)5-6-13(16)11-15-4-2-8-19-15;;/h5-6,10,14-15H,1-4,7-9,11H2;2*1H. The van der Waals surface area contributed by atoms with Crippen LogP contribution in [-0.4, -0.2) is 22.0 Å².